The molecular weight excluding hydrogens is 232 g/mol. The van der Waals surface area contributed by atoms with Gasteiger partial charge in [-0.25, -0.2) is 0 Å². The first-order valence-electron chi connectivity index (χ1n) is 7.00. The molecule has 2 N–H and O–H groups in total. The molecule has 98 valence electrons. The third-order valence-electron chi connectivity index (χ3n) is 3.96. The molecule has 0 saturated carbocycles. The average Bonchev–Trinajstić information content (AvgIpc) is 2.90. The van der Waals surface area contributed by atoms with Crippen LogP contribution in [0.5, 0.6) is 0 Å². The molecule has 0 fully saturated rings. The van der Waals surface area contributed by atoms with Crippen LogP contribution in [-0.4, -0.2) is 6.54 Å². The molecule has 0 aliphatic carbocycles. The van der Waals surface area contributed by atoms with Gasteiger partial charge in [-0.3, -0.25) is 0 Å². The zero-order valence-corrected chi connectivity index (χ0v) is 11.3. The van der Waals surface area contributed by atoms with Crippen molar-refractivity contribution in [1.82, 2.24) is 0 Å². The zero-order valence-electron chi connectivity index (χ0n) is 11.3. The number of anilines is 2. The predicted molar refractivity (Wildman–Crippen MR) is 80.8 cm³/mol. The van der Waals surface area contributed by atoms with E-state index in [1.807, 2.05) is 0 Å². The highest BCUT2D eigenvalue weighted by atomic mass is 15.2. The van der Waals surface area contributed by atoms with Gasteiger partial charge in [-0.1, -0.05) is 37.3 Å². The number of rotatable bonds is 3. The summed E-state index contributed by atoms with van der Waals surface area (Å²) >= 11 is 0. The van der Waals surface area contributed by atoms with E-state index < -0.39 is 0 Å². The van der Waals surface area contributed by atoms with E-state index in [-0.39, 0.29) is 6.04 Å². The largest absolute Gasteiger partial charge is 0.341 e. The Labute approximate surface area is 114 Å². The van der Waals surface area contributed by atoms with Gasteiger partial charge >= 0.3 is 0 Å². The van der Waals surface area contributed by atoms with E-state index in [0.29, 0.717) is 0 Å². The summed E-state index contributed by atoms with van der Waals surface area (Å²) in [5.74, 6) is 0. The maximum absolute atomic E-state index is 6.06. The van der Waals surface area contributed by atoms with Crippen LogP contribution in [0.4, 0.5) is 11.4 Å². The Kier molecular flexibility index (Phi) is 3.26. The monoisotopic (exact) mass is 252 g/mol. The summed E-state index contributed by atoms with van der Waals surface area (Å²) in [7, 11) is 0. The van der Waals surface area contributed by atoms with Crippen LogP contribution >= 0.6 is 0 Å². The first-order chi connectivity index (χ1) is 9.29. The lowest BCUT2D eigenvalue weighted by molar-refractivity contribution is 0.698. The van der Waals surface area contributed by atoms with Crippen LogP contribution in [0.25, 0.3) is 0 Å². The van der Waals surface area contributed by atoms with Crippen LogP contribution in [0.2, 0.25) is 0 Å². The summed E-state index contributed by atoms with van der Waals surface area (Å²) in [6.07, 6.45) is 2.11. The lowest BCUT2D eigenvalue weighted by Gasteiger charge is -2.20. The number of fused-ring (bicyclic) bond motifs is 1. The molecule has 0 spiro atoms. The Hall–Kier alpha value is -1.80. The lowest BCUT2D eigenvalue weighted by atomic mass is 10.1. The molecule has 2 nitrogen and oxygen atoms in total. The van der Waals surface area contributed by atoms with Crippen LogP contribution in [0.15, 0.2) is 48.5 Å². The topological polar surface area (TPSA) is 29.3 Å². The summed E-state index contributed by atoms with van der Waals surface area (Å²) in [5.41, 5.74) is 11.3. The summed E-state index contributed by atoms with van der Waals surface area (Å²) in [4.78, 5) is 2.39. The van der Waals surface area contributed by atoms with Gasteiger partial charge in [0.25, 0.3) is 0 Å². The maximum Gasteiger partial charge on any atom is 0.0444 e. The van der Waals surface area contributed by atoms with Crippen LogP contribution < -0.4 is 10.6 Å². The zero-order chi connectivity index (χ0) is 13.2. The van der Waals surface area contributed by atoms with Crippen molar-refractivity contribution in [1.29, 1.82) is 0 Å². The van der Waals surface area contributed by atoms with Crippen molar-refractivity contribution >= 4 is 11.4 Å². The van der Waals surface area contributed by atoms with E-state index in [2.05, 4.69) is 60.4 Å². The van der Waals surface area contributed by atoms with E-state index in [4.69, 9.17) is 5.73 Å². The molecule has 1 atom stereocenters. The van der Waals surface area contributed by atoms with Crippen molar-refractivity contribution in [3.05, 3.63) is 59.7 Å². The highest BCUT2D eigenvalue weighted by Gasteiger charge is 2.19. The molecule has 2 aromatic carbocycles. The number of hydrogen-bond donors (Lipinski definition) is 1. The smallest absolute Gasteiger partial charge is 0.0444 e. The van der Waals surface area contributed by atoms with Gasteiger partial charge in [-0.15, -0.1) is 0 Å². The first kappa shape index (κ1) is 12.2. The molecule has 19 heavy (non-hydrogen) atoms. The van der Waals surface area contributed by atoms with Crippen LogP contribution in [0, 0.1) is 0 Å². The second-order valence-electron chi connectivity index (χ2n) is 5.14. The van der Waals surface area contributed by atoms with E-state index in [1.165, 1.54) is 22.5 Å². The quantitative estimate of drug-likeness (QED) is 0.900. The molecule has 0 amide bonds. The number of para-hydroxylation sites is 1. The molecular formula is C17H20N2. The molecule has 3 rings (SSSR count). The second kappa shape index (κ2) is 5.06. The minimum absolute atomic E-state index is 0.153. The molecule has 0 saturated heterocycles. The van der Waals surface area contributed by atoms with Gasteiger partial charge < -0.3 is 10.6 Å². The van der Waals surface area contributed by atoms with Crippen molar-refractivity contribution in [2.45, 2.75) is 25.8 Å². The Morgan fingerprint density at radius 3 is 2.58 bits per heavy atom. The normalized spacial score (nSPS) is 15.4. The van der Waals surface area contributed by atoms with E-state index in [1.54, 1.807) is 0 Å². The van der Waals surface area contributed by atoms with Gasteiger partial charge in [0.1, 0.15) is 0 Å². The Morgan fingerprint density at radius 2 is 1.84 bits per heavy atom. The summed E-state index contributed by atoms with van der Waals surface area (Å²) in [6.45, 7) is 3.19. The number of nitrogens with two attached hydrogens (primary N) is 1. The third kappa shape index (κ3) is 2.24. The predicted octanol–water partition coefficient (Wildman–Crippen LogP) is 3.79. The fourth-order valence-electron chi connectivity index (χ4n) is 2.74. The molecule has 1 aliphatic rings. The van der Waals surface area contributed by atoms with Gasteiger partial charge in [0, 0.05) is 24.0 Å². The molecule has 1 aliphatic heterocycles. The van der Waals surface area contributed by atoms with Gasteiger partial charge in [0.2, 0.25) is 0 Å². The highest BCUT2D eigenvalue weighted by molar-refractivity contribution is 5.69. The number of benzene rings is 2. The SMILES string of the molecule is CCC(N)c1ccc(N2CCc3ccccc32)cc1. The fraction of sp³-hybridized carbons (Fsp3) is 0.294. The van der Waals surface area contributed by atoms with Gasteiger partial charge in [0.15, 0.2) is 0 Å². The maximum atomic E-state index is 6.06. The number of hydrogen-bond acceptors (Lipinski definition) is 2. The van der Waals surface area contributed by atoms with Crippen LogP contribution in [0.1, 0.15) is 30.5 Å². The number of nitrogens with zero attached hydrogens (tertiary/aromatic N) is 1. The van der Waals surface area contributed by atoms with E-state index >= 15 is 0 Å². The van der Waals surface area contributed by atoms with E-state index in [9.17, 15) is 0 Å². The molecule has 1 unspecified atom stereocenters. The Morgan fingerprint density at radius 1 is 1.11 bits per heavy atom. The summed E-state index contributed by atoms with van der Waals surface area (Å²) in [5, 5.41) is 0. The lowest BCUT2D eigenvalue weighted by Crippen LogP contribution is -2.14. The van der Waals surface area contributed by atoms with Crippen LogP contribution in [0.3, 0.4) is 0 Å². The van der Waals surface area contributed by atoms with Gasteiger partial charge in [-0.2, -0.15) is 0 Å². The fourth-order valence-corrected chi connectivity index (χ4v) is 2.74. The van der Waals surface area contributed by atoms with Crippen molar-refractivity contribution in [3.63, 3.8) is 0 Å². The molecule has 2 heteroatoms. The van der Waals surface area contributed by atoms with Crippen molar-refractivity contribution in [2.75, 3.05) is 11.4 Å². The Balaban J connectivity index is 1.88. The Bertz CT molecular complexity index is 560. The summed E-state index contributed by atoms with van der Waals surface area (Å²) in [6, 6.07) is 17.5. The average molecular weight is 252 g/mol. The van der Waals surface area contributed by atoms with Gasteiger partial charge in [0.05, 0.1) is 0 Å². The van der Waals surface area contributed by atoms with Gasteiger partial charge in [-0.05, 0) is 42.2 Å². The third-order valence-corrected chi connectivity index (χ3v) is 3.96. The highest BCUT2D eigenvalue weighted by Crippen LogP contribution is 2.34. The first-order valence-corrected chi connectivity index (χ1v) is 7.00. The minimum Gasteiger partial charge on any atom is -0.341 e. The molecule has 2 aromatic rings. The standard InChI is InChI=1S/C17H20N2/c1-2-16(18)13-7-9-15(10-8-13)19-12-11-14-5-3-4-6-17(14)19/h3-10,16H,2,11-12,18H2,1H3. The van der Waals surface area contributed by atoms with E-state index in [0.717, 1.165) is 19.4 Å². The molecule has 0 aromatic heterocycles. The molecule has 1 heterocycles. The van der Waals surface area contributed by atoms with Crippen molar-refractivity contribution in [2.24, 2.45) is 5.73 Å². The minimum atomic E-state index is 0.153. The van der Waals surface area contributed by atoms with Crippen molar-refractivity contribution in [3.8, 4) is 0 Å². The molecule has 0 bridgehead atoms. The molecule has 0 radical (unpaired) electrons. The second-order valence-corrected chi connectivity index (χ2v) is 5.14. The summed E-state index contributed by atoms with van der Waals surface area (Å²) < 4.78 is 0. The van der Waals surface area contributed by atoms with Crippen LogP contribution in [-0.2, 0) is 6.42 Å². The van der Waals surface area contributed by atoms with Crippen molar-refractivity contribution < 1.29 is 0 Å².